The molecule has 0 amide bonds. The summed E-state index contributed by atoms with van der Waals surface area (Å²) in [6.07, 6.45) is 1.47. The topological polar surface area (TPSA) is 17.0 Å². The van der Waals surface area contributed by atoms with Crippen molar-refractivity contribution in [2.75, 3.05) is 0 Å². The summed E-state index contributed by atoms with van der Waals surface area (Å²) in [5.74, 6) is 0.655. The monoisotopic (exact) mass is 542 g/mol. The van der Waals surface area contributed by atoms with Crippen LogP contribution in [-0.2, 0) is 7.05 Å². The molecule has 0 aliphatic rings. The summed E-state index contributed by atoms with van der Waals surface area (Å²) in [6, 6.07) is 23.0. The fourth-order valence-corrected chi connectivity index (χ4v) is 6.86. The molecule has 0 saturated heterocycles. The van der Waals surface area contributed by atoms with Crippen LogP contribution in [-0.4, -0.2) is 0 Å². The Morgan fingerprint density at radius 2 is 1.39 bits per heavy atom. The lowest BCUT2D eigenvalue weighted by molar-refractivity contribution is -0.644. The summed E-state index contributed by atoms with van der Waals surface area (Å²) in [4.78, 5) is 0. The second kappa shape index (κ2) is 9.17. The first-order chi connectivity index (χ1) is 22.1. The van der Waals surface area contributed by atoms with E-state index in [1.54, 1.807) is 11.6 Å². The summed E-state index contributed by atoms with van der Waals surface area (Å²) in [7, 11) is 1.79. The minimum atomic E-state index is -2.70. The normalized spacial score (nSPS) is 15.1. The second-order valence-corrected chi connectivity index (χ2v) is 12.0. The predicted octanol–water partition coefficient (Wildman–Crippen LogP) is 10.7. The molecule has 2 heterocycles. The molecular weight excluding hydrogens is 498 g/mol. The summed E-state index contributed by atoms with van der Waals surface area (Å²) >= 11 is 0. The Morgan fingerprint density at radius 3 is 2.10 bits per heavy atom. The maximum atomic E-state index is 8.67. The van der Waals surface area contributed by atoms with Gasteiger partial charge in [0.15, 0.2) is 6.20 Å². The van der Waals surface area contributed by atoms with Gasteiger partial charge in [-0.1, -0.05) is 76.2 Å². The maximum absolute atomic E-state index is 8.67. The highest BCUT2D eigenvalue weighted by atomic mass is 16.3. The third-order valence-corrected chi connectivity index (χ3v) is 8.78. The van der Waals surface area contributed by atoms with Crippen LogP contribution < -0.4 is 4.57 Å². The van der Waals surface area contributed by atoms with E-state index >= 15 is 0 Å². The first-order valence-corrected chi connectivity index (χ1v) is 14.4. The van der Waals surface area contributed by atoms with Gasteiger partial charge in [-0.05, 0) is 94.8 Å². The van der Waals surface area contributed by atoms with Gasteiger partial charge < -0.3 is 4.42 Å². The third kappa shape index (κ3) is 3.66. The minimum Gasteiger partial charge on any atom is -0.455 e. The van der Waals surface area contributed by atoms with Crippen LogP contribution in [0.25, 0.3) is 65.5 Å². The van der Waals surface area contributed by atoms with E-state index in [-0.39, 0.29) is 11.1 Å². The summed E-state index contributed by atoms with van der Waals surface area (Å²) in [6.45, 7) is 5.50. The van der Waals surface area contributed by atoms with E-state index in [4.69, 9.17) is 12.6 Å². The predicted molar refractivity (Wildman–Crippen MR) is 175 cm³/mol. The molecule has 0 aliphatic carbocycles. The molecule has 0 aliphatic heterocycles. The highest BCUT2D eigenvalue weighted by Crippen LogP contribution is 2.44. The molecule has 0 radical (unpaired) electrons. The first kappa shape index (κ1) is 19.8. The van der Waals surface area contributed by atoms with Gasteiger partial charge in [0, 0.05) is 29.9 Å². The molecule has 0 N–H and O–H groups in total. The van der Waals surface area contributed by atoms with E-state index in [9.17, 15) is 0 Å². The minimum absolute atomic E-state index is 0.151. The Bertz CT molecular complexity index is 2380. The highest BCUT2D eigenvalue weighted by molar-refractivity contribution is 6.32. The Balaban J connectivity index is 1.70. The molecule has 2 aromatic heterocycles. The Labute approximate surface area is 250 Å². The zero-order chi connectivity index (χ0) is 33.7. The van der Waals surface area contributed by atoms with E-state index in [0.717, 1.165) is 38.1 Å². The van der Waals surface area contributed by atoms with Crippen LogP contribution in [0.3, 0.4) is 0 Å². The van der Waals surface area contributed by atoms with E-state index in [2.05, 4.69) is 64.1 Å². The third-order valence-electron chi connectivity index (χ3n) is 8.78. The van der Waals surface area contributed by atoms with Crippen LogP contribution in [0, 0.1) is 20.6 Å². The number of aryl methyl sites for hydroxylation is 4. The maximum Gasteiger partial charge on any atom is 0.221 e. The van der Waals surface area contributed by atoms with Crippen LogP contribution in [0.5, 0.6) is 0 Å². The number of aromatic nitrogens is 1. The molecule has 0 unspecified atom stereocenters. The molecule has 2 nitrogen and oxygen atoms in total. The number of pyridine rings is 1. The van der Waals surface area contributed by atoms with Gasteiger partial charge >= 0.3 is 0 Å². The van der Waals surface area contributed by atoms with Gasteiger partial charge in [-0.3, -0.25) is 0 Å². The largest absolute Gasteiger partial charge is 0.455 e. The quantitative estimate of drug-likeness (QED) is 0.160. The van der Waals surface area contributed by atoms with Crippen molar-refractivity contribution >= 4 is 54.4 Å². The number of benzene rings is 5. The van der Waals surface area contributed by atoms with Crippen molar-refractivity contribution in [1.29, 1.82) is 0 Å². The zero-order valence-electron chi connectivity index (χ0n) is 30.4. The summed E-state index contributed by atoms with van der Waals surface area (Å²) < 4.78 is 59.7. The number of hydrogen-bond acceptors (Lipinski definition) is 1. The molecule has 0 bridgehead atoms. The first-order valence-electron chi connectivity index (χ1n) is 17.4. The van der Waals surface area contributed by atoms with Crippen LogP contribution in [0.1, 0.15) is 75.6 Å². The molecule has 0 fully saturated rings. The lowest BCUT2D eigenvalue weighted by Crippen LogP contribution is -2.30. The second-order valence-electron chi connectivity index (χ2n) is 12.0. The van der Waals surface area contributed by atoms with E-state index in [0.29, 0.717) is 39.3 Å². The molecule has 7 rings (SSSR count). The van der Waals surface area contributed by atoms with Crippen molar-refractivity contribution in [3.05, 3.63) is 101 Å². The van der Waals surface area contributed by atoms with Gasteiger partial charge in [-0.15, -0.1) is 0 Å². The summed E-state index contributed by atoms with van der Waals surface area (Å²) in [5.41, 5.74) is 7.40. The molecule has 7 aromatic rings. The fourth-order valence-electron chi connectivity index (χ4n) is 6.86. The Morgan fingerprint density at radius 1 is 0.707 bits per heavy atom. The van der Waals surface area contributed by atoms with Gasteiger partial charge in [-0.2, -0.15) is 0 Å². The van der Waals surface area contributed by atoms with Crippen molar-refractivity contribution in [3.8, 4) is 11.1 Å². The average Bonchev–Trinajstić information content (AvgIpc) is 3.37. The van der Waals surface area contributed by atoms with Crippen LogP contribution >= 0.6 is 0 Å². The summed E-state index contributed by atoms with van der Waals surface area (Å²) in [5, 5.41) is 5.46. The van der Waals surface area contributed by atoms with Gasteiger partial charge in [-0.25, -0.2) is 4.57 Å². The van der Waals surface area contributed by atoms with Crippen LogP contribution in [0.4, 0.5) is 0 Å². The molecular formula is C39H38NO+. The lowest BCUT2D eigenvalue weighted by atomic mass is 9.85. The Kier molecular flexibility index (Phi) is 4.44. The van der Waals surface area contributed by atoms with Crippen molar-refractivity contribution in [3.63, 3.8) is 0 Å². The highest BCUT2D eigenvalue weighted by Gasteiger charge is 2.24. The zero-order valence-corrected chi connectivity index (χ0v) is 24.4. The number of rotatable bonds is 3. The molecule has 204 valence electrons. The molecule has 0 saturated carbocycles. The van der Waals surface area contributed by atoms with Gasteiger partial charge in [0.1, 0.15) is 18.2 Å². The van der Waals surface area contributed by atoms with Crippen molar-refractivity contribution in [2.45, 2.75) is 60.2 Å². The van der Waals surface area contributed by atoms with Crippen LogP contribution in [0.15, 0.2) is 77.3 Å². The molecule has 0 spiro atoms. The lowest BCUT2D eigenvalue weighted by Gasteiger charge is -2.20. The Hall–Kier alpha value is -4.17. The number of fused-ring (bicyclic) bond motifs is 10. The average molecular weight is 543 g/mol. The molecule has 2 heteroatoms. The van der Waals surface area contributed by atoms with Gasteiger partial charge in [0.2, 0.25) is 5.52 Å². The number of furan rings is 1. The van der Waals surface area contributed by atoms with Crippen molar-refractivity contribution in [2.24, 2.45) is 7.05 Å². The smallest absolute Gasteiger partial charge is 0.221 e. The number of hydrogen-bond donors (Lipinski definition) is 0. The molecule has 5 aromatic carbocycles. The van der Waals surface area contributed by atoms with Crippen LogP contribution in [0.2, 0.25) is 0 Å². The van der Waals surface area contributed by atoms with Crippen molar-refractivity contribution in [1.82, 2.24) is 0 Å². The van der Waals surface area contributed by atoms with E-state index in [1.165, 1.54) is 22.9 Å². The van der Waals surface area contributed by atoms with E-state index in [1.807, 2.05) is 37.3 Å². The van der Waals surface area contributed by atoms with Crippen molar-refractivity contribution < 1.29 is 17.2 Å². The standard InChI is InChI=1S/C39H38NO/c1-21(2)27-12-10-13-28(22(3)4)36(27)26-15-16-29-32-18-17-31-30-14-9-11-23(5)34(30)38-35(25(7)24(6)20-40(38)8)37(31)39(32)41-33(29)19-26/h9-22H,1-8H3/q+1/i6D3,7D3. The molecule has 0 atom stereocenters. The number of nitrogens with zero attached hydrogens (tertiary/aromatic N) is 1. The van der Waals surface area contributed by atoms with Gasteiger partial charge in [0.25, 0.3) is 0 Å². The molecule has 41 heavy (non-hydrogen) atoms. The fraction of sp³-hybridized carbons (Fsp3) is 0.256. The van der Waals surface area contributed by atoms with Gasteiger partial charge in [0.05, 0.1) is 10.8 Å². The van der Waals surface area contributed by atoms with E-state index < -0.39 is 13.7 Å². The SMILES string of the molecule is [2H]C([2H])([2H])c1c[n+](C)c2c3c(C)cccc3c3ccc4c5ccc(-c6c(C(C)C)cccc6C(C)C)cc5oc4c3c2c1C([2H])([2H])[2H].